The lowest BCUT2D eigenvalue weighted by Gasteiger charge is -2.32. The number of aliphatic carboxylic acids is 2. The first kappa shape index (κ1) is 39.2. The first-order chi connectivity index (χ1) is 21.9. The van der Waals surface area contributed by atoms with Crippen molar-refractivity contribution in [3.05, 3.63) is 53.5 Å². The summed E-state index contributed by atoms with van der Waals surface area (Å²) < 4.78 is 0. The third-order valence-corrected chi connectivity index (χ3v) is 8.64. The molecular weight excluding hydrogens is 582 g/mol. The van der Waals surface area contributed by atoms with Gasteiger partial charge in [0.15, 0.2) is 0 Å². The van der Waals surface area contributed by atoms with E-state index in [0.717, 1.165) is 68.1 Å². The number of rotatable bonds is 22. The Hall–Kier alpha value is -2.96. The average molecular weight is 642 g/mol. The van der Waals surface area contributed by atoms with Gasteiger partial charge < -0.3 is 15.9 Å². The van der Waals surface area contributed by atoms with E-state index in [1.165, 1.54) is 0 Å². The molecule has 0 fully saturated rings. The molecule has 0 saturated carbocycles. The van der Waals surface area contributed by atoms with Gasteiger partial charge in [0, 0.05) is 57.9 Å². The largest absolute Gasteiger partial charge is 0.480 e. The second-order valence-corrected chi connectivity index (χ2v) is 12.6. The first-order valence-corrected chi connectivity index (χ1v) is 16.9. The molecule has 2 unspecified atom stereocenters. The number of allylic oxidation sites excluding steroid dienone is 3. The molecule has 0 aromatic carbocycles. The highest BCUT2D eigenvalue weighted by atomic mass is 16.4. The quantitative estimate of drug-likeness (QED) is 0.160. The van der Waals surface area contributed by atoms with Crippen molar-refractivity contribution in [3.63, 3.8) is 0 Å². The smallest absolute Gasteiger partial charge is 0.320 e. The Morgan fingerprint density at radius 3 is 2.13 bits per heavy atom. The molecule has 258 valence electrons. The molecule has 0 saturated heterocycles. The summed E-state index contributed by atoms with van der Waals surface area (Å²) in [6.45, 7) is 16.5. The van der Waals surface area contributed by atoms with Gasteiger partial charge in [0.25, 0.3) is 0 Å². The molecule has 1 aromatic heterocycles. The third-order valence-electron chi connectivity index (χ3n) is 8.64. The molecule has 0 bridgehead atoms. The van der Waals surface area contributed by atoms with E-state index in [0.29, 0.717) is 51.7 Å². The summed E-state index contributed by atoms with van der Waals surface area (Å²) in [4.78, 5) is 42.0. The number of pyridine rings is 1. The van der Waals surface area contributed by atoms with Gasteiger partial charge in [0.05, 0.1) is 17.1 Å². The summed E-state index contributed by atoms with van der Waals surface area (Å²) in [5, 5.41) is 19.4. The van der Waals surface area contributed by atoms with Crippen LogP contribution in [0.4, 0.5) is 0 Å². The third kappa shape index (κ3) is 14.2. The Bertz CT molecular complexity index is 1170. The van der Waals surface area contributed by atoms with Crippen molar-refractivity contribution < 1.29 is 19.8 Å². The van der Waals surface area contributed by atoms with Gasteiger partial charge in [-0.3, -0.25) is 39.2 Å². The predicted molar refractivity (Wildman–Crippen MR) is 186 cm³/mol. The maximum absolute atomic E-state index is 12.2. The summed E-state index contributed by atoms with van der Waals surface area (Å²) in [6.07, 6.45) is 9.99. The summed E-state index contributed by atoms with van der Waals surface area (Å²) >= 11 is 0. The molecule has 2 atom stereocenters. The zero-order valence-corrected chi connectivity index (χ0v) is 29.1. The maximum atomic E-state index is 12.2. The van der Waals surface area contributed by atoms with E-state index in [4.69, 9.17) is 10.7 Å². The van der Waals surface area contributed by atoms with Crippen LogP contribution in [0.2, 0.25) is 0 Å². The number of nitrogens with two attached hydrogens (primary N) is 1. The van der Waals surface area contributed by atoms with Gasteiger partial charge in [-0.05, 0) is 77.8 Å². The Kier molecular flexibility index (Phi) is 17.9. The minimum atomic E-state index is -0.837. The van der Waals surface area contributed by atoms with Gasteiger partial charge in [-0.15, -0.1) is 0 Å². The fourth-order valence-electron chi connectivity index (χ4n) is 5.41. The van der Waals surface area contributed by atoms with E-state index in [2.05, 4.69) is 58.7 Å². The highest BCUT2D eigenvalue weighted by Crippen LogP contribution is 2.15. The molecule has 2 rings (SSSR count). The van der Waals surface area contributed by atoms with Crippen molar-refractivity contribution in [2.75, 3.05) is 59.4 Å². The molecule has 1 aliphatic rings. The molecule has 11 heteroatoms. The molecule has 11 nitrogen and oxygen atoms in total. The van der Waals surface area contributed by atoms with Crippen molar-refractivity contribution in [3.8, 4) is 0 Å². The van der Waals surface area contributed by atoms with Gasteiger partial charge >= 0.3 is 11.9 Å². The molecule has 0 amide bonds. The Morgan fingerprint density at radius 2 is 1.52 bits per heavy atom. The van der Waals surface area contributed by atoms with E-state index in [-0.39, 0.29) is 0 Å². The fourth-order valence-corrected chi connectivity index (χ4v) is 5.41. The average Bonchev–Trinajstić information content (AvgIpc) is 3.00. The number of hydrogen-bond acceptors (Lipinski definition) is 9. The van der Waals surface area contributed by atoms with Crippen molar-refractivity contribution in [2.45, 2.75) is 85.5 Å². The van der Waals surface area contributed by atoms with E-state index in [1.54, 1.807) is 13.8 Å². The number of carboxylic acid groups (broad SMARTS) is 2. The Balaban J connectivity index is 2.19. The molecule has 1 aromatic rings. The van der Waals surface area contributed by atoms with Crippen molar-refractivity contribution in [2.24, 2.45) is 16.6 Å². The highest BCUT2D eigenvalue weighted by Gasteiger charge is 2.23. The molecule has 0 spiro atoms. The molecular formula is C35H59N7O4. The zero-order valence-electron chi connectivity index (χ0n) is 29.1. The minimum absolute atomic E-state index is 0.344. The minimum Gasteiger partial charge on any atom is -0.480 e. The topological polar surface area (TPSA) is 139 Å². The lowest BCUT2D eigenvalue weighted by molar-refractivity contribution is -0.143. The summed E-state index contributed by atoms with van der Waals surface area (Å²) in [5.41, 5.74) is 9.81. The van der Waals surface area contributed by atoms with Crippen molar-refractivity contribution >= 4 is 17.7 Å². The van der Waals surface area contributed by atoms with E-state index in [1.807, 2.05) is 30.1 Å². The van der Waals surface area contributed by atoms with Gasteiger partial charge in [0.1, 0.15) is 12.1 Å². The van der Waals surface area contributed by atoms with Crippen molar-refractivity contribution in [1.82, 2.24) is 24.6 Å². The maximum Gasteiger partial charge on any atom is 0.320 e. The monoisotopic (exact) mass is 641 g/mol. The standard InChI is InChI=1S/C35H59N7O4/c1-7-17-40(25-31-15-11-14-30(24-36)37-31)20-22-42(29(5)35(45)46)23-21-41(19-12-18-39(6)28(4)34(43)44)26-32-13-9-8-10-16-33(38-32)27(2)3/h8,10-11,13-15,27-29H,7,9,12,16-26,36H2,1-6H3,(H,43,44)(H,45,46)/b10-8-,32-13+,38-33?. The number of likely N-dealkylation sites (N-methyl/N-ethyl adjacent to an activating group) is 1. The van der Waals surface area contributed by atoms with Crippen LogP contribution in [0.15, 0.2) is 47.1 Å². The summed E-state index contributed by atoms with van der Waals surface area (Å²) in [7, 11) is 1.84. The zero-order chi connectivity index (χ0) is 34.1. The number of carbonyl (C=O) groups is 2. The SMILES string of the molecule is CCCN(CCN(CCN(CCCN(C)C(C)C(=O)O)C/C1=C\C/C=C\CC(C(C)C)=N1)C(C)C(=O)O)Cc1cccc(CN)n1. The molecule has 1 aliphatic heterocycles. The highest BCUT2D eigenvalue weighted by molar-refractivity contribution is 5.88. The molecule has 0 radical (unpaired) electrons. The Morgan fingerprint density at radius 1 is 0.870 bits per heavy atom. The van der Waals surface area contributed by atoms with E-state index >= 15 is 0 Å². The van der Waals surface area contributed by atoms with Crippen LogP contribution in [0.3, 0.4) is 0 Å². The predicted octanol–water partition coefficient (Wildman–Crippen LogP) is 3.96. The number of carboxylic acids is 2. The van der Waals surface area contributed by atoms with Crippen LogP contribution in [-0.4, -0.2) is 124 Å². The van der Waals surface area contributed by atoms with E-state index < -0.39 is 24.0 Å². The number of hydrogen-bond donors (Lipinski definition) is 3. The fraction of sp³-hybridized carbons (Fsp3) is 0.657. The van der Waals surface area contributed by atoms with Crippen LogP contribution in [0.1, 0.15) is 71.7 Å². The van der Waals surface area contributed by atoms with Gasteiger partial charge in [0.2, 0.25) is 0 Å². The van der Waals surface area contributed by atoms with Crippen LogP contribution >= 0.6 is 0 Å². The van der Waals surface area contributed by atoms with Gasteiger partial charge in [-0.1, -0.05) is 45.1 Å². The normalized spacial score (nSPS) is 17.1. The molecule has 46 heavy (non-hydrogen) atoms. The van der Waals surface area contributed by atoms with Gasteiger partial charge in [-0.25, -0.2) is 0 Å². The van der Waals surface area contributed by atoms with Crippen molar-refractivity contribution in [1.29, 1.82) is 0 Å². The summed E-state index contributed by atoms with van der Waals surface area (Å²) in [5.74, 6) is -1.33. The second-order valence-electron chi connectivity index (χ2n) is 12.6. The Labute approximate surface area is 276 Å². The second kappa shape index (κ2) is 21.0. The first-order valence-electron chi connectivity index (χ1n) is 16.9. The molecule has 2 heterocycles. The number of aliphatic imine (C=N–C) groups is 1. The van der Waals surface area contributed by atoms with Crippen LogP contribution in [-0.2, 0) is 22.7 Å². The van der Waals surface area contributed by atoms with Crippen LogP contribution < -0.4 is 5.73 Å². The summed E-state index contributed by atoms with van der Waals surface area (Å²) in [6, 6.07) is 4.73. The van der Waals surface area contributed by atoms with Gasteiger partial charge in [-0.2, -0.15) is 0 Å². The van der Waals surface area contributed by atoms with Crippen LogP contribution in [0.5, 0.6) is 0 Å². The molecule has 4 N–H and O–H groups in total. The number of nitrogens with zero attached hydrogens (tertiary/aromatic N) is 6. The molecule has 0 aliphatic carbocycles. The van der Waals surface area contributed by atoms with Crippen LogP contribution in [0, 0.1) is 5.92 Å². The van der Waals surface area contributed by atoms with E-state index in [9.17, 15) is 19.8 Å². The number of aromatic nitrogens is 1. The lowest BCUT2D eigenvalue weighted by Crippen LogP contribution is -2.47. The van der Waals surface area contributed by atoms with Crippen LogP contribution in [0.25, 0.3) is 0 Å². The lowest BCUT2D eigenvalue weighted by atomic mass is 10.0.